The summed E-state index contributed by atoms with van der Waals surface area (Å²) in [7, 11) is 1.59. The summed E-state index contributed by atoms with van der Waals surface area (Å²) in [5.41, 5.74) is -1.03. The van der Waals surface area contributed by atoms with Crippen LogP contribution in [0.3, 0.4) is 0 Å². The van der Waals surface area contributed by atoms with Gasteiger partial charge in [0.25, 0.3) is 5.69 Å². The van der Waals surface area contributed by atoms with Crippen molar-refractivity contribution >= 4 is 11.7 Å². The van der Waals surface area contributed by atoms with Crippen LogP contribution >= 0.6 is 0 Å². The van der Waals surface area contributed by atoms with Gasteiger partial charge in [-0.3, -0.25) is 14.9 Å². The molecule has 0 fully saturated rings. The van der Waals surface area contributed by atoms with E-state index in [0.29, 0.717) is 25.2 Å². The average Bonchev–Trinajstić information content (AvgIpc) is 2.43. The number of aliphatic carboxylic acids is 1. The molecule has 2 N–H and O–H groups in total. The number of hydrogen-bond acceptors (Lipinski definition) is 5. The van der Waals surface area contributed by atoms with Crippen molar-refractivity contribution in [1.29, 1.82) is 0 Å². The molecule has 1 aromatic carbocycles. The molecule has 7 heteroatoms. The minimum atomic E-state index is -0.994. The van der Waals surface area contributed by atoms with Crippen molar-refractivity contribution in [1.82, 2.24) is 5.32 Å². The maximum absolute atomic E-state index is 11.1. The highest BCUT2D eigenvalue weighted by atomic mass is 16.6. The number of nitrogens with zero attached hydrogens (tertiary/aromatic N) is 1. The number of benzene rings is 1. The first-order valence-corrected chi connectivity index (χ1v) is 6.18. The Kier molecular flexibility index (Phi) is 5.45. The fourth-order valence-corrected chi connectivity index (χ4v) is 1.64. The predicted octanol–water partition coefficient (Wildman–Crippen LogP) is 1.82. The van der Waals surface area contributed by atoms with Gasteiger partial charge in [0.2, 0.25) is 0 Å². The Morgan fingerprint density at radius 2 is 2.25 bits per heavy atom. The third-order valence-corrected chi connectivity index (χ3v) is 3.14. The van der Waals surface area contributed by atoms with Crippen LogP contribution in [-0.4, -0.2) is 35.2 Å². The summed E-state index contributed by atoms with van der Waals surface area (Å²) in [4.78, 5) is 21.2. The molecule has 0 spiro atoms. The van der Waals surface area contributed by atoms with Crippen LogP contribution in [0, 0.1) is 10.1 Å². The second-order valence-electron chi connectivity index (χ2n) is 4.59. The lowest BCUT2D eigenvalue weighted by molar-refractivity contribution is -0.384. The molecule has 110 valence electrons. The van der Waals surface area contributed by atoms with Crippen molar-refractivity contribution in [2.24, 2.45) is 0 Å². The monoisotopic (exact) mass is 282 g/mol. The van der Waals surface area contributed by atoms with Gasteiger partial charge in [0.05, 0.1) is 17.6 Å². The molecule has 0 saturated carbocycles. The predicted molar refractivity (Wildman–Crippen MR) is 72.9 cm³/mol. The quantitative estimate of drug-likeness (QED) is 0.428. The largest absolute Gasteiger partial charge is 0.493 e. The number of hydrogen-bond donors (Lipinski definition) is 2. The highest BCUT2D eigenvalue weighted by Gasteiger charge is 2.30. The van der Waals surface area contributed by atoms with Crippen molar-refractivity contribution < 1.29 is 19.6 Å². The summed E-state index contributed by atoms with van der Waals surface area (Å²) in [5, 5.41) is 22.4. The van der Waals surface area contributed by atoms with Crippen molar-refractivity contribution in [3.05, 3.63) is 34.4 Å². The van der Waals surface area contributed by atoms with E-state index >= 15 is 0 Å². The third-order valence-electron chi connectivity index (χ3n) is 3.14. The van der Waals surface area contributed by atoms with E-state index in [1.165, 1.54) is 12.1 Å². The van der Waals surface area contributed by atoms with Crippen LogP contribution in [-0.2, 0) is 4.79 Å². The summed E-state index contributed by atoms with van der Waals surface area (Å²) in [6.45, 7) is 1.90. The van der Waals surface area contributed by atoms with Crippen molar-refractivity contribution in [2.75, 3.05) is 13.7 Å². The standard InChI is InChI=1S/C13H18N2O5/c1-13(14-2,12(16)17)7-4-8-20-11-6-3-5-10(9-11)15(18)19/h3,5-6,9,14H,4,7-8H2,1-2H3,(H,16,17). The van der Waals surface area contributed by atoms with E-state index in [2.05, 4.69) is 5.32 Å². The molecule has 0 aliphatic heterocycles. The molecule has 7 nitrogen and oxygen atoms in total. The maximum atomic E-state index is 11.1. The molecule has 0 aliphatic carbocycles. The normalized spacial score (nSPS) is 13.5. The van der Waals surface area contributed by atoms with Crippen molar-refractivity contribution in [3.8, 4) is 5.75 Å². The minimum absolute atomic E-state index is 0.0342. The number of carboxylic acids is 1. The zero-order chi connectivity index (χ0) is 15.2. The number of carbonyl (C=O) groups is 1. The van der Waals surface area contributed by atoms with Crippen LogP contribution in [0.2, 0.25) is 0 Å². The Morgan fingerprint density at radius 1 is 1.55 bits per heavy atom. The lowest BCUT2D eigenvalue weighted by atomic mass is 9.96. The van der Waals surface area contributed by atoms with E-state index in [1.54, 1.807) is 26.1 Å². The number of nitro benzene ring substituents is 1. The zero-order valence-electron chi connectivity index (χ0n) is 11.5. The van der Waals surface area contributed by atoms with Gasteiger partial charge < -0.3 is 15.2 Å². The van der Waals surface area contributed by atoms with Gasteiger partial charge in [0.15, 0.2) is 0 Å². The van der Waals surface area contributed by atoms with E-state index in [9.17, 15) is 14.9 Å². The lowest BCUT2D eigenvalue weighted by Crippen LogP contribution is -2.47. The topological polar surface area (TPSA) is 102 Å². The SMILES string of the molecule is CNC(C)(CCCOc1cccc([N+](=O)[O-])c1)C(=O)O. The van der Waals surface area contributed by atoms with Gasteiger partial charge in [0.1, 0.15) is 11.3 Å². The molecule has 0 aromatic heterocycles. The molecule has 0 heterocycles. The maximum Gasteiger partial charge on any atom is 0.323 e. The Labute approximate surface area is 116 Å². The second-order valence-corrected chi connectivity index (χ2v) is 4.59. The summed E-state index contributed by atoms with van der Waals surface area (Å²) < 4.78 is 5.39. The number of likely N-dealkylation sites (N-methyl/N-ethyl adjacent to an activating group) is 1. The second kappa shape index (κ2) is 6.85. The smallest absolute Gasteiger partial charge is 0.323 e. The van der Waals surface area contributed by atoms with Crippen LogP contribution in [0.5, 0.6) is 5.75 Å². The number of nitrogens with one attached hydrogen (secondary N) is 1. The summed E-state index contributed by atoms with van der Waals surface area (Å²) in [6, 6.07) is 5.90. The Bertz CT molecular complexity index is 491. The summed E-state index contributed by atoms with van der Waals surface area (Å²) in [5.74, 6) is -0.518. The molecule has 0 aliphatic rings. The third kappa shape index (κ3) is 4.20. The highest BCUT2D eigenvalue weighted by Crippen LogP contribution is 2.20. The van der Waals surface area contributed by atoms with E-state index in [-0.39, 0.29) is 5.69 Å². The molecule has 1 unspecified atom stereocenters. The highest BCUT2D eigenvalue weighted by molar-refractivity contribution is 5.78. The number of rotatable bonds is 8. The number of carboxylic acid groups (broad SMARTS) is 1. The molecule has 0 bridgehead atoms. The van der Waals surface area contributed by atoms with E-state index in [4.69, 9.17) is 9.84 Å². The number of nitro groups is 1. The molecule has 1 atom stereocenters. The molecule has 1 rings (SSSR count). The van der Waals surface area contributed by atoms with Crippen LogP contribution in [0.4, 0.5) is 5.69 Å². The van der Waals surface area contributed by atoms with Gasteiger partial charge in [-0.2, -0.15) is 0 Å². The summed E-state index contributed by atoms with van der Waals surface area (Å²) >= 11 is 0. The van der Waals surface area contributed by atoms with Gasteiger partial charge in [0, 0.05) is 6.07 Å². The van der Waals surface area contributed by atoms with Gasteiger partial charge in [-0.25, -0.2) is 0 Å². The van der Waals surface area contributed by atoms with Gasteiger partial charge in [-0.15, -0.1) is 0 Å². The van der Waals surface area contributed by atoms with Crippen molar-refractivity contribution in [3.63, 3.8) is 0 Å². The molecular formula is C13H18N2O5. The summed E-state index contributed by atoms with van der Waals surface area (Å²) in [6.07, 6.45) is 0.917. The first-order valence-electron chi connectivity index (χ1n) is 6.18. The number of non-ortho nitro benzene ring substituents is 1. The fraction of sp³-hybridized carbons (Fsp3) is 0.462. The average molecular weight is 282 g/mol. The Morgan fingerprint density at radius 3 is 2.80 bits per heavy atom. The van der Waals surface area contributed by atoms with E-state index in [1.807, 2.05) is 0 Å². The van der Waals surface area contributed by atoms with Crippen LogP contribution in [0.25, 0.3) is 0 Å². The Hall–Kier alpha value is -2.15. The fourth-order valence-electron chi connectivity index (χ4n) is 1.64. The molecule has 0 saturated heterocycles. The molecular weight excluding hydrogens is 264 g/mol. The van der Waals surface area contributed by atoms with Gasteiger partial charge in [-0.1, -0.05) is 6.07 Å². The van der Waals surface area contributed by atoms with Crippen LogP contribution in [0.1, 0.15) is 19.8 Å². The van der Waals surface area contributed by atoms with Gasteiger partial charge in [-0.05, 0) is 32.9 Å². The zero-order valence-corrected chi connectivity index (χ0v) is 11.5. The minimum Gasteiger partial charge on any atom is -0.493 e. The Balaban J connectivity index is 2.47. The molecule has 0 radical (unpaired) electrons. The first-order chi connectivity index (χ1) is 9.39. The first kappa shape index (κ1) is 15.9. The van der Waals surface area contributed by atoms with E-state index < -0.39 is 16.4 Å². The van der Waals surface area contributed by atoms with Crippen LogP contribution < -0.4 is 10.1 Å². The van der Waals surface area contributed by atoms with Crippen LogP contribution in [0.15, 0.2) is 24.3 Å². The lowest BCUT2D eigenvalue weighted by Gasteiger charge is -2.23. The number of ether oxygens (including phenoxy) is 1. The molecule has 0 amide bonds. The molecule has 1 aromatic rings. The van der Waals surface area contributed by atoms with Gasteiger partial charge >= 0.3 is 5.97 Å². The van der Waals surface area contributed by atoms with Crippen molar-refractivity contribution in [2.45, 2.75) is 25.3 Å². The van der Waals surface area contributed by atoms with E-state index in [0.717, 1.165) is 0 Å². The molecule has 20 heavy (non-hydrogen) atoms.